The van der Waals surface area contributed by atoms with Gasteiger partial charge in [0.2, 0.25) is 0 Å². The molecule has 1 aliphatic heterocycles. The molecule has 4 nitrogen and oxygen atoms in total. The van der Waals surface area contributed by atoms with E-state index in [2.05, 4.69) is 40.7 Å². The summed E-state index contributed by atoms with van der Waals surface area (Å²) in [5.41, 5.74) is 0. The van der Waals surface area contributed by atoms with E-state index < -0.39 is 0 Å². The van der Waals surface area contributed by atoms with Crippen molar-refractivity contribution in [1.82, 2.24) is 14.9 Å². The summed E-state index contributed by atoms with van der Waals surface area (Å²) < 4.78 is 0. The van der Waals surface area contributed by atoms with E-state index in [9.17, 15) is 0 Å². The second-order valence-corrected chi connectivity index (χ2v) is 5.54. The molecule has 4 heteroatoms. The summed E-state index contributed by atoms with van der Waals surface area (Å²) in [5, 5.41) is 0. The Morgan fingerprint density at radius 2 is 2.28 bits per heavy atom. The van der Waals surface area contributed by atoms with E-state index in [-0.39, 0.29) is 0 Å². The number of anilines is 1. The monoisotopic (exact) mass is 248 g/mol. The third kappa shape index (κ3) is 3.42. The molecule has 0 N–H and O–H groups in total. The quantitative estimate of drug-likeness (QED) is 0.816. The van der Waals surface area contributed by atoms with Crippen molar-refractivity contribution < 1.29 is 0 Å². The molecule has 1 aliphatic rings. The van der Waals surface area contributed by atoms with Crippen LogP contribution in [0, 0.1) is 5.92 Å². The Morgan fingerprint density at radius 3 is 2.94 bits per heavy atom. The van der Waals surface area contributed by atoms with Gasteiger partial charge in [0.1, 0.15) is 5.82 Å². The second kappa shape index (κ2) is 6.14. The van der Waals surface area contributed by atoms with Crippen LogP contribution in [0.2, 0.25) is 0 Å². The first-order chi connectivity index (χ1) is 8.66. The SMILES string of the molecule is CC(C)N1CCC[C@@H](CN(C)c2cnccn2)C1. The lowest BCUT2D eigenvalue weighted by Gasteiger charge is -2.37. The van der Waals surface area contributed by atoms with E-state index in [1.807, 2.05) is 6.20 Å². The van der Waals surface area contributed by atoms with Gasteiger partial charge in [-0.1, -0.05) is 0 Å². The summed E-state index contributed by atoms with van der Waals surface area (Å²) in [6.07, 6.45) is 7.96. The highest BCUT2D eigenvalue weighted by atomic mass is 15.2. The van der Waals surface area contributed by atoms with Crippen LogP contribution in [0.5, 0.6) is 0 Å². The van der Waals surface area contributed by atoms with Gasteiger partial charge in [0.05, 0.1) is 6.20 Å². The Bertz CT molecular complexity index is 352. The summed E-state index contributed by atoms with van der Waals surface area (Å²) >= 11 is 0. The van der Waals surface area contributed by atoms with Gasteiger partial charge in [-0.2, -0.15) is 0 Å². The zero-order valence-corrected chi connectivity index (χ0v) is 11.7. The molecule has 0 saturated carbocycles. The van der Waals surface area contributed by atoms with E-state index >= 15 is 0 Å². The van der Waals surface area contributed by atoms with Gasteiger partial charge in [0, 0.05) is 38.6 Å². The van der Waals surface area contributed by atoms with E-state index in [1.165, 1.54) is 25.9 Å². The van der Waals surface area contributed by atoms with Crippen LogP contribution in [0.1, 0.15) is 26.7 Å². The van der Waals surface area contributed by atoms with Crippen LogP contribution in [0.25, 0.3) is 0 Å². The van der Waals surface area contributed by atoms with Gasteiger partial charge < -0.3 is 9.80 Å². The Morgan fingerprint density at radius 1 is 1.44 bits per heavy atom. The minimum Gasteiger partial charge on any atom is -0.358 e. The molecule has 0 spiro atoms. The maximum atomic E-state index is 4.35. The van der Waals surface area contributed by atoms with Crippen LogP contribution >= 0.6 is 0 Å². The van der Waals surface area contributed by atoms with Gasteiger partial charge in [-0.25, -0.2) is 4.98 Å². The Balaban J connectivity index is 1.89. The highest BCUT2D eigenvalue weighted by Crippen LogP contribution is 2.20. The molecule has 1 saturated heterocycles. The molecular formula is C14H24N4. The number of hydrogen-bond donors (Lipinski definition) is 0. The van der Waals surface area contributed by atoms with E-state index in [0.29, 0.717) is 6.04 Å². The zero-order valence-electron chi connectivity index (χ0n) is 11.7. The van der Waals surface area contributed by atoms with Crippen molar-refractivity contribution in [2.45, 2.75) is 32.7 Å². The van der Waals surface area contributed by atoms with Crippen molar-refractivity contribution in [3.05, 3.63) is 18.6 Å². The topological polar surface area (TPSA) is 32.3 Å². The summed E-state index contributed by atoms with van der Waals surface area (Å²) in [5.74, 6) is 1.72. The molecule has 18 heavy (non-hydrogen) atoms. The lowest BCUT2D eigenvalue weighted by molar-refractivity contribution is 0.142. The average Bonchev–Trinajstić information content (AvgIpc) is 2.40. The van der Waals surface area contributed by atoms with Crippen molar-refractivity contribution in [3.63, 3.8) is 0 Å². The average molecular weight is 248 g/mol. The molecule has 2 rings (SSSR count). The van der Waals surface area contributed by atoms with Gasteiger partial charge in [-0.3, -0.25) is 4.98 Å². The minimum atomic E-state index is 0.662. The molecule has 1 fully saturated rings. The molecule has 0 bridgehead atoms. The molecule has 100 valence electrons. The first-order valence-electron chi connectivity index (χ1n) is 6.88. The van der Waals surface area contributed by atoms with Gasteiger partial charge in [-0.15, -0.1) is 0 Å². The second-order valence-electron chi connectivity index (χ2n) is 5.54. The largest absolute Gasteiger partial charge is 0.358 e. The van der Waals surface area contributed by atoms with Crippen LogP contribution in [-0.4, -0.2) is 47.6 Å². The third-order valence-electron chi connectivity index (χ3n) is 3.75. The molecule has 0 unspecified atom stereocenters. The molecule has 1 aromatic heterocycles. The Kier molecular flexibility index (Phi) is 4.53. The molecule has 0 aliphatic carbocycles. The van der Waals surface area contributed by atoms with Gasteiger partial charge >= 0.3 is 0 Å². The molecule has 0 radical (unpaired) electrons. The van der Waals surface area contributed by atoms with Crippen molar-refractivity contribution >= 4 is 5.82 Å². The highest BCUT2D eigenvalue weighted by molar-refractivity contribution is 5.33. The summed E-state index contributed by atoms with van der Waals surface area (Å²) in [4.78, 5) is 13.3. The fourth-order valence-electron chi connectivity index (χ4n) is 2.68. The van der Waals surface area contributed by atoms with Crippen LogP contribution in [0.4, 0.5) is 5.82 Å². The molecule has 0 amide bonds. The first kappa shape index (κ1) is 13.3. The summed E-state index contributed by atoms with van der Waals surface area (Å²) in [7, 11) is 2.11. The molecule has 1 atom stereocenters. The van der Waals surface area contributed by atoms with Crippen molar-refractivity contribution in [1.29, 1.82) is 0 Å². The lowest BCUT2D eigenvalue weighted by atomic mass is 9.96. The maximum Gasteiger partial charge on any atom is 0.146 e. The number of rotatable bonds is 4. The number of aromatic nitrogens is 2. The highest BCUT2D eigenvalue weighted by Gasteiger charge is 2.22. The number of nitrogens with zero attached hydrogens (tertiary/aromatic N) is 4. The number of hydrogen-bond acceptors (Lipinski definition) is 4. The van der Waals surface area contributed by atoms with Gasteiger partial charge in [0.25, 0.3) is 0 Å². The molecular weight excluding hydrogens is 224 g/mol. The Labute approximate surface area is 110 Å². The predicted molar refractivity (Wildman–Crippen MR) is 74.7 cm³/mol. The molecule has 2 heterocycles. The van der Waals surface area contributed by atoms with Crippen LogP contribution < -0.4 is 4.90 Å². The van der Waals surface area contributed by atoms with E-state index in [0.717, 1.165) is 18.3 Å². The fraction of sp³-hybridized carbons (Fsp3) is 0.714. The van der Waals surface area contributed by atoms with Gasteiger partial charge in [0.15, 0.2) is 0 Å². The number of piperidine rings is 1. The summed E-state index contributed by atoms with van der Waals surface area (Å²) in [6, 6.07) is 0.662. The first-order valence-corrected chi connectivity index (χ1v) is 6.88. The van der Waals surface area contributed by atoms with Gasteiger partial charge in [-0.05, 0) is 39.2 Å². The van der Waals surface area contributed by atoms with E-state index in [1.54, 1.807) is 12.4 Å². The van der Waals surface area contributed by atoms with Crippen LogP contribution in [0.15, 0.2) is 18.6 Å². The van der Waals surface area contributed by atoms with Crippen molar-refractivity contribution in [3.8, 4) is 0 Å². The van der Waals surface area contributed by atoms with E-state index in [4.69, 9.17) is 0 Å². The fourth-order valence-corrected chi connectivity index (χ4v) is 2.68. The molecule has 1 aromatic rings. The maximum absolute atomic E-state index is 4.35. The lowest BCUT2D eigenvalue weighted by Crippen LogP contribution is -2.43. The van der Waals surface area contributed by atoms with Crippen LogP contribution in [0.3, 0.4) is 0 Å². The third-order valence-corrected chi connectivity index (χ3v) is 3.75. The standard InChI is InChI=1S/C14H24N4/c1-12(2)18-8-4-5-13(11-18)10-17(3)14-9-15-6-7-16-14/h6-7,9,12-13H,4-5,8,10-11H2,1-3H3/t13-/m0/s1. The Hall–Kier alpha value is -1.16. The summed E-state index contributed by atoms with van der Waals surface area (Å²) in [6.45, 7) is 8.11. The number of likely N-dealkylation sites (tertiary alicyclic amines) is 1. The van der Waals surface area contributed by atoms with Crippen molar-refractivity contribution in [2.24, 2.45) is 5.92 Å². The van der Waals surface area contributed by atoms with Crippen LogP contribution in [-0.2, 0) is 0 Å². The normalized spacial score (nSPS) is 21.2. The van der Waals surface area contributed by atoms with Crippen molar-refractivity contribution in [2.75, 3.05) is 31.6 Å². The predicted octanol–water partition coefficient (Wildman–Crippen LogP) is 2.03. The minimum absolute atomic E-state index is 0.662. The smallest absolute Gasteiger partial charge is 0.146 e. The molecule has 0 aromatic carbocycles. The zero-order chi connectivity index (χ0) is 13.0.